The maximum atomic E-state index is 5.35. The maximum Gasteiger partial charge on any atom is 0.0992 e. The Morgan fingerprint density at radius 3 is 2.25 bits per heavy atom. The lowest BCUT2D eigenvalue weighted by Crippen LogP contribution is -1.96. The summed E-state index contributed by atoms with van der Waals surface area (Å²) in [6, 6.07) is 0. The topological polar surface area (TPSA) is 9.23 Å². The minimum Gasteiger partial charge on any atom is -0.495 e. The van der Waals surface area contributed by atoms with E-state index in [4.69, 9.17) is 4.74 Å². The minimum absolute atomic E-state index is 0.426. The summed E-state index contributed by atoms with van der Waals surface area (Å²) >= 11 is 0. The monoisotopic (exact) mass is 112 g/mol. The molecule has 1 heterocycles. The lowest BCUT2D eigenvalue weighted by atomic mass is 10.2. The van der Waals surface area contributed by atoms with Gasteiger partial charge >= 0.3 is 0 Å². The molecule has 0 aromatic carbocycles. The second-order valence-electron chi connectivity index (χ2n) is 2.47. The molecule has 0 spiro atoms. The van der Waals surface area contributed by atoms with Crippen LogP contribution in [0.2, 0.25) is 0 Å². The summed E-state index contributed by atoms with van der Waals surface area (Å²) in [5.41, 5.74) is 1.40. The van der Waals surface area contributed by atoms with Crippen molar-refractivity contribution in [2.75, 3.05) is 0 Å². The lowest BCUT2D eigenvalue weighted by molar-refractivity contribution is 0.162. The third-order valence-corrected chi connectivity index (χ3v) is 1.57. The molecular formula is C7H12O. The van der Waals surface area contributed by atoms with Crippen LogP contribution in [0.15, 0.2) is 11.3 Å². The Morgan fingerprint density at radius 1 is 1.50 bits per heavy atom. The molecule has 1 aliphatic rings. The van der Waals surface area contributed by atoms with Gasteiger partial charge in [0.2, 0.25) is 0 Å². The summed E-state index contributed by atoms with van der Waals surface area (Å²) in [5.74, 6) is 1.12. The third kappa shape index (κ3) is 0.857. The van der Waals surface area contributed by atoms with Crippen LogP contribution < -0.4 is 0 Å². The van der Waals surface area contributed by atoms with Crippen LogP contribution in [0.1, 0.15) is 27.2 Å². The van der Waals surface area contributed by atoms with Crippen molar-refractivity contribution in [1.82, 2.24) is 0 Å². The Balaban J connectivity index is 2.60. The lowest BCUT2D eigenvalue weighted by Gasteiger charge is -2.01. The van der Waals surface area contributed by atoms with Gasteiger partial charge in [0.1, 0.15) is 0 Å². The van der Waals surface area contributed by atoms with Gasteiger partial charge in [0.15, 0.2) is 0 Å². The van der Waals surface area contributed by atoms with Crippen LogP contribution in [0.25, 0.3) is 0 Å². The summed E-state index contributed by atoms with van der Waals surface area (Å²) in [6.45, 7) is 6.25. The van der Waals surface area contributed by atoms with E-state index in [1.54, 1.807) is 0 Å². The number of rotatable bonds is 0. The molecule has 0 aromatic heterocycles. The molecule has 1 heteroatoms. The first-order chi connectivity index (χ1) is 3.70. The van der Waals surface area contributed by atoms with Gasteiger partial charge in [-0.25, -0.2) is 0 Å². The van der Waals surface area contributed by atoms with Crippen molar-refractivity contribution < 1.29 is 4.74 Å². The Labute approximate surface area is 50.3 Å². The molecule has 0 aromatic rings. The van der Waals surface area contributed by atoms with Gasteiger partial charge in [0.25, 0.3) is 0 Å². The fourth-order valence-corrected chi connectivity index (χ4v) is 1.02. The highest BCUT2D eigenvalue weighted by atomic mass is 16.5. The van der Waals surface area contributed by atoms with Crippen molar-refractivity contribution in [1.29, 1.82) is 0 Å². The molecule has 0 saturated carbocycles. The molecule has 0 saturated heterocycles. The maximum absolute atomic E-state index is 5.35. The Morgan fingerprint density at radius 2 is 2.12 bits per heavy atom. The summed E-state index contributed by atoms with van der Waals surface area (Å²) in [6.07, 6.45) is 1.54. The predicted octanol–water partition coefficient (Wildman–Crippen LogP) is 2.09. The van der Waals surface area contributed by atoms with E-state index >= 15 is 0 Å². The largest absolute Gasteiger partial charge is 0.495 e. The van der Waals surface area contributed by atoms with Gasteiger partial charge in [-0.2, -0.15) is 0 Å². The van der Waals surface area contributed by atoms with E-state index < -0.39 is 0 Å². The normalized spacial score (nSPS) is 28.6. The van der Waals surface area contributed by atoms with E-state index in [9.17, 15) is 0 Å². The Bertz CT molecular complexity index is 110. The van der Waals surface area contributed by atoms with Crippen molar-refractivity contribution >= 4 is 0 Å². The molecular weight excluding hydrogens is 100 g/mol. The predicted molar refractivity (Wildman–Crippen MR) is 33.5 cm³/mol. The van der Waals surface area contributed by atoms with Crippen LogP contribution in [-0.2, 0) is 4.74 Å². The Hall–Kier alpha value is -0.460. The molecule has 0 aliphatic carbocycles. The first-order valence-corrected chi connectivity index (χ1v) is 3.03. The highest BCUT2D eigenvalue weighted by Gasteiger charge is 2.14. The summed E-state index contributed by atoms with van der Waals surface area (Å²) in [5, 5.41) is 0. The molecule has 46 valence electrons. The standard InChI is InChI=1S/C7H12O/c1-5-4-6(2)8-7(5)3/h6H,4H2,1-3H3. The van der Waals surface area contributed by atoms with Crippen LogP contribution in [0.5, 0.6) is 0 Å². The van der Waals surface area contributed by atoms with Gasteiger partial charge in [0, 0.05) is 6.42 Å². The third-order valence-electron chi connectivity index (χ3n) is 1.57. The number of hydrogen-bond acceptors (Lipinski definition) is 1. The fourth-order valence-electron chi connectivity index (χ4n) is 1.02. The van der Waals surface area contributed by atoms with Gasteiger partial charge in [-0.1, -0.05) is 0 Å². The molecule has 1 nitrogen and oxygen atoms in total. The molecule has 1 rings (SSSR count). The molecule has 1 atom stereocenters. The van der Waals surface area contributed by atoms with Crippen LogP contribution in [0, 0.1) is 0 Å². The smallest absolute Gasteiger partial charge is 0.0992 e. The highest BCUT2D eigenvalue weighted by molar-refractivity contribution is 5.09. The average molecular weight is 112 g/mol. The fraction of sp³-hybridized carbons (Fsp3) is 0.714. The van der Waals surface area contributed by atoms with Crippen molar-refractivity contribution in [3.63, 3.8) is 0 Å². The molecule has 0 bridgehead atoms. The van der Waals surface area contributed by atoms with Crippen molar-refractivity contribution in [3.8, 4) is 0 Å². The number of allylic oxidation sites excluding steroid dienone is 1. The van der Waals surface area contributed by atoms with E-state index in [1.165, 1.54) is 5.57 Å². The molecule has 0 fully saturated rings. The first kappa shape index (κ1) is 5.67. The summed E-state index contributed by atoms with van der Waals surface area (Å²) in [7, 11) is 0. The quantitative estimate of drug-likeness (QED) is 0.466. The van der Waals surface area contributed by atoms with E-state index in [2.05, 4.69) is 13.8 Å². The van der Waals surface area contributed by atoms with Crippen molar-refractivity contribution in [3.05, 3.63) is 11.3 Å². The summed E-state index contributed by atoms with van der Waals surface area (Å²) < 4.78 is 5.35. The molecule has 0 radical (unpaired) electrons. The van der Waals surface area contributed by atoms with E-state index in [-0.39, 0.29) is 0 Å². The van der Waals surface area contributed by atoms with Crippen molar-refractivity contribution in [2.24, 2.45) is 0 Å². The Kier molecular flexibility index (Phi) is 1.28. The van der Waals surface area contributed by atoms with Crippen LogP contribution >= 0.6 is 0 Å². The van der Waals surface area contributed by atoms with Gasteiger partial charge < -0.3 is 4.74 Å². The van der Waals surface area contributed by atoms with Gasteiger partial charge in [-0.05, 0) is 26.3 Å². The van der Waals surface area contributed by atoms with E-state index in [0.717, 1.165) is 12.2 Å². The second-order valence-corrected chi connectivity index (χ2v) is 2.47. The molecule has 0 N–H and O–H groups in total. The van der Waals surface area contributed by atoms with Gasteiger partial charge in [-0.3, -0.25) is 0 Å². The molecule has 8 heavy (non-hydrogen) atoms. The molecule has 1 unspecified atom stereocenters. The molecule has 1 aliphatic heterocycles. The van der Waals surface area contributed by atoms with Gasteiger partial charge in [-0.15, -0.1) is 0 Å². The first-order valence-electron chi connectivity index (χ1n) is 3.03. The second kappa shape index (κ2) is 1.81. The average Bonchev–Trinajstić information content (AvgIpc) is 1.85. The summed E-state index contributed by atoms with van der Waals surface area (Å²) in [4.78, 5) is 0. The van der Waals surface area contributed by atoms with Crippen LogP contribution in [-0.4, -0.2) is 6.10 Å². The van der Waals surface area contributed by atoms with E-state index in [0.29, 0.717) is 6.10 Å². The highest BCUT2D eigenvalue weighted by Crippen LogP contribution is 2.22. The zero-order valence-electron chi connectivity index (χ0n) is 5.69. The number of ether oxygens (including phenoxy) is 1. The van der Waals surface area contributed by atoms with Crippen LogP contribution in [0.4, 0.5) is 0 Å². The zero-order chi connectivity index (χ0) is 6.15. The minimum atomic E-state index is 0.426. The van der Waals surface area contributed by atoms with Crippen molar-refractivity contribution in [2.45, 2.75) is 33.3 Å². The van der Waals surface area contributed by atoms with Gasteiger partial charge in [0.05, 0.1) is 11.9 Å². The van der Waals surface area contributed by atoms with E-state index in [1.807, 2.05) is 6.92 Å². The zero-order valence-corrected chi connectivity index (χ0v) is 5.69. The molecule has 0 amide bonds. The van der Waals surface area contributed by atoms with Crippen LogP contribution in [0.3, 0.4) is 0 Å². The number of hydrogen-bond donors (Lipinski definition) is 0. The SMILES string of the molecule is CC1=C(C)OC(C)C1.